The molecule has 0 bridgehead atoms. The van der Waals surface area contributed by atoms with Crippen LogP contribution in [-0.2, 0) is 6.42 Å². The maximum atomic E-state index is 10.6. The summed E-state index contributed by atoms with van der Waals surface area (Å²) in [5.74, 6) is -0.0427. The molecule has 1 N–H and O–H groups in total. The van der Waals surface area contributed by atoms with Crippen molar-refractivity contribution in [2.24, 2.45) is 4.99 Å². The van der Waals surface area contributed by atoms with Crippen molar-refractivity contribution in [1.82, 2.24) is 9.97 Å². The molecule has 0 amide bonds. The maximum Gasteiger partial charge on any atom is 0.270 e. The van der Waals surface area contributed by atoms with Gasteiger partial charge in [0, 0.05) is 55.5 Å². The second kappa shape index (κ2) is 6.37. The maximum absolute atomic E-state index is 10.6. The fourth-order valence-electron chi connectivity index (χ4n) is 1.56. The second-order valence-electron chi connectivity index (χ2n) is 3.98. The fraction of sp³-hybridized carbons (Fsp3) is 0.154. The molecule has 0 atom stereocenters. The molecule has 0 unspecified atom stereocenters. The topological polar surface area (TPSA) is 102 Å². The molecule has 20 heavy (non-hydrogen) atoms. The van der Waals surface area contributed by atoms with Crippen LogP contribution < -0.4 is 0 Å². The Morgan fingerprint density at radius 2 is 2.25 bits per heavy atom. The number of rotatable bonds is 5. The first-order valence-corrected chi connectivity index (χ1v) is 5.89. The summed E-state index contributed by atoms with van der Waals surface area (Å²) in [6.45, 7) is 0.459. The lowest BCUT2D eigenvalue weighted by molar-refractivity contribution is -0.384. The predicted molar refractivity (Wildman–Crippen MR) is 73.0 cm³/mol. The number of aromatic hydroxyl groups is 1. The fourth-order valence-corrected chi connectivity index (χ4v) is 1.56. The van der Waals surface area contributed by atoms with Gasteiger partial charge >= 0.3 is 0 Å². The Kier molecular flexibility index (Phi) is 4.33. The zero-order chi connectivity index (χ0) is 14.4. The lowest BCUT2D eigenvalue weighted by Crippen LogP contribution is -1.95. The van der Waals surface area contributed by atoms with Crippen LogP contribution >= 0.6 is 0 Å². The van der Waals surface area contributed by atoms with E-state index < -0.39 is 4.92 Å². The van der Waals surface area contributed by atoms with Gasteiger partial charge in [-0.2, -0.15) is 0 Å². The van der Waals surface area contributed by atoms with Gasteiger partial charge < -0.3 is 5.11 Å². The highest BCUT2D eigenvalue weighted by Crippen LogP contribution is 2.21. The summed E-state index contributed by atoms with van der Waals surface area (Å²) in [6.07, 6.45) is 6.87. The van der Waals surface area contributed by atoms with Crippen molar-refractivity contribution < 1.29 is 10.0 Å². The molecule has 102 valence electrons. The lowest BCUT2D eigenvalue weighted by Gasteiger charge is -1.99. The first-order valence-electron chi connectivity index (χ1n) is 5.89. The number of nitro benzene ring substituents is 1. The monoisotopic (exact) mass is 272 g/mol. The van der Waals surface area contributed by atoms with E-state index in [1.807, 2.05) is 0 Å². The summed E-state index contributed by atoms with van der Waals surface area (Å²) >= 11 is 0. The summed E-state index contributed by atoms with van der Waals surface area (Å²) in [6, 6.07) is 3.80. The Balaban J connectivity index is 2.00. The van der Waals surface area contributed by atoms with E-state index in [1.54, 1.807) is 18.6 Å². The Morgan fingerprint density at radius 3 is 2.95 bits per heavy atom. The molecule has 2 rings (SSSR count). The third kappa shape index (κ3) is 3.58. The number of nitrogens with zero attached hydrogens (tertiary/aromatic N) is 4. The summed E-state index contributed by atoms with van der Waals surface area (Å²) < 4.78 is 0. The van der Waals surface area contributed by atoms with Gasteiger partial charge in [0.25, 0.3) is 5.69 Å². The van der Waals surface area contributed by atoms with Gasteiger partial charge in [0.1, 0.15) is 5.75 Å². The van der Waals surface area contributed by atoms with E-state index in [0.29, 0.717) is 18.5 Å². The predicted octanol–water partition coefficient (Wildman–Crippen LogP) is 1.75. The number of phenolic OH excluding ortho intramolecular Hbond substituents is 1. The van der Waals surface area contributed by atoms with E-state index in [2.05, 4.69) is 15.0 Å². The molecule has 0 fully saturated rings. The molecule has 0 saturated heterocycles. The van der Waals surface area contributed by atoms with Gasteiger partial charge in [-0.3, -0.25) is 25.1 Å². The van der Waals surface area contributed by atoms with Gasteiger partial charge in [-0.05, 0) is 6.07 Å². The van der Waals surface area contributed by atoms with Crippen LogP contribution in [0.15, 0.2) is 41.8 Å². The van der Waals surface area contributed by atoms with Gasteiger partial charge in [0.2, 0.25) is 0 Å². The quantitative estimate of drug-likeness (QED) is 0.507. The van der Waals surface area contributed by atoms with Crippen LogP contribution in [0.4, 0.5) is 5.69 Å². The molecule has 0 aliphatic rings. The van der Waals surface area contributed by atoms with E-state index in [4.69, 9.17) is 0 Å². The molecule has 1 aromatic carbocycles. The zero-order valence-corrected chi connectivity index (χ0v) is 10.5. The number of benzene rings is 1. The number of hydrogen-bond acceptors (Lipinski definition) is 6. The van der Waals surface area contributed by atoms with Crippen LogP contribution in [-0.4, -0.2) is 32.8 Å². The third-order valence-corrected chi connectivity index (χ3v) is 2.57. The number of nitro groups is 1. The minimum Gasteiger partial charge on any atom is -0.507 e. The summed E-state index contributed by atoms with van der Waals surface area (Å²) in [4.78, 5) is 22.3. The van der Waals surface area contributed by atoms with Crippen LogP contribution in [0.25, 0.3) is 0 Å². The minimum absolute atomic E-state index is 0.0427. The van der Waals surface area contributed by atoms with Crippen molar-refractivity contribution in [3.63, 3.8) is 0 Å². The Morgan fingerprint density at radius 1 is 1.40 bits per heavy atom. The number of aliphatic imine (C=N–C) groups is 1. The van der Waals surface area contributed by atoms with Crippen molar-refractivity contribution in [2.75, 3.05) is 6.54 Å². The number of phenols is 1. The molecule has 0 saturated carbocycles. The largest absolute Gasteiger partial charge is 0.507 e. The van der Waals surface area contributed by atoms with Crippen molar-refractivity contribution in [1.29, 1.82) is 0 Å². The highest BCUT2D eigenvalue weighted by atomic mass is 16.6. The first kappa shape index (κ1) is 13.6. The highest BCUT2D eigenvalue weighted by molar-refractivity contribution is 5.84. The van der Waals surface area contributed by atoms with E-state index in [9.17, 15) is 15.2 Å². The molecular weight excluding hydrogens is 260 g/mol. The standard InChI is InChI=1S/C13H12N4O3/c18-13-2-1-12(17(19)20)7-10(13)8-14-4-3-11-9-15-5-6-16-11/h1-2,5-9,18H,3-4H2. The van der Waals surface area contributed by atoms with E-state index >= 15 is 0 Å². The average molecular weight is 272 g/mol. The van der Waals surface area contributed by atoms with Crippen molar-refractivity contribution in [2.45, 2.75) is 6.42 Å². The number of hydrogen-bond donors (Lipinski definition) is 1. The van der Waals surface area contributed by atoms with Crippen LogP contribution in [0.3, 0.4) is 0 Å². The Bertz CT molecular complexity index is 629. The Labute approximate surface area is 114 Å². The van der Waals surface area contributed by atoms with E-state index in [0.717, 1.165) is 5.69 Å². The van der Waals surface area contributed by atoms with E-state index in [-0.39, 0.29) is 11.4 Å². The van der Waals surface area contributed by atoms with Crippen LogP contribution in [0.1, 0.15) is 11.3 Å². The van der Waals surface area contributed by atoms with Crippen LogP contribution in [0, 0.1) is 10.1 Å². The van der Waals surface area contributed by atoms with Gasteiger partial charge in [-0.25, -0.2) is 0 Å². The number of aromatic nitrogens is 2. The van der Waals surface area contributed by atoms with Crippen molar-refractivity contribution in [3.8, 4) is 5.75 Å². The van der Waals surface area contributed by atoms with Gasteiger partial charge in [0.15, 0.2) is 0 Å². The van der Waals surface area contributed by atoms with Crippen molar-refractivity contribution >= 4 is 11.9 Å². The SMILES string of the molecule is O=[N+]([O-])c1ccc(O)c(C=NCCc2cnccn2)c1. The van der Waals surface area contributed by atoms with Gasteiger partial charge in [-0.1, -0.05) is 0 Å². The zero-order valence-electron chi connectivity index (χ0n) is 10.5. The third-order valence-electron chi connectivity index (χ3n) is 2.57. The highest BCUT2D eigenvalue weighted by Gasteiger charge is 2.08. The summed E-state index contributed by atoms with van der Waals surface area (Å²) in [5.41, 5.74) is 1.05. The molecular formula is C13H12N4O3. The average Bonchev–Trinajstić information content (AvgIpc) is 2.46. The molecule has 0 radical (unpaired) electrons. The van der Waals surface area contributed by atoms with E-state index in [1.165, 1.54) is 24.4 Å². The summed E-state index contributed by atoms with van der Waals surface area (Å²) in [5, 5.41) is 20.2. The van der Waals surface area contributed by atoms with Gasteiger partial charge in [-0.15, -0.1) is 0 Å². The minimum atomic E-state index is -0.518. The molecule has 7 nitrogen and oxygen atoms in total. The van der Waals surface area contributed by atoms with Crippen LogP contribution in [0.2, 0.25) is 0 Å². The van der Waals surface area contributed by atoms with Gasteiger partial charge in [0.05, 0.1) is 10.6 Å². The normalized spacial score (nSPS) is 10.8. The van der Waals surface area contributed by atoms with Crippen LogP contribution in [0.5, 0.6) is 5.75 Å². The molecule has 0 aliphatic carbocycles. The smallest absolute Gasteiger partial charge is 0.270 e. The molecule has 7 heteroatoms. The Hall–Kier alpha value is -2.83. The molecule has 0 spiro atoms. The first-order chi connectivity index (χ1) is 9.66. The second-order valence-corrected chi connectivity index (χ2v) is 3.98. The molecule has 0 aliphatic heterocycles. The lowest BCUT2D eigenvalue weighted by atomic mass is 10.2. The molecule has 1 heterocycles. The van der Waals surface area contributed by atoms with Crippen molar-refractivity contribution in [3.05, 3.63) is 58.2 Å². The molecule has 2 aromatic rings. The number of non-ortho nitro benzene ring substituents is 1. The molecule has 1 aromatic heterocycles. The summed E-state index contributed by atoms with van der Waals surface area (Å²) in [7, 11) is 0.